The average Bonchev–Trinajstić information content (AvgIpc) is 2.96. The third-order valence-corrected chi connectivity index (χ3v) is 3.35. The van der Waals surface area contributed by atoms with E-state index < -0.39 is 5.97 Å². The highest BCUT2D eigenvalue weighted by molar-refractivity contribution is 5.87. The zero-order valence-corrected chi connectivity index (χ0v) is 12.3. The summed E-state index contributed by atoms with van der Waals surface area (Å²) in [4.78, 5) is 16.1. The van der Waals surface area contributed by atoms with Crippen LogP contribution in [0.15, 0.2) is 36.8 Å². The lowest BCUT2D eigenvalue weighted by molar-refractivity contribution is 0.0486. The van der Waals surface area contributed by atoms with Gasteiger partial charge in [-0.25, -0.2) is 14.2 Å². The Labute approximate surface area is 123 Å². The number of imidazole rings is 1. The number of carbonyl (C=O) groups is 1. The van der Waals surface area contributed by atoms with E-state index in [1.165, 1.54) is 18.3 Å². The van der Waals surface area contributed by atoms with Crippen molar-refractivity contribution in [2.75, 3.05) is 6.61 Å². The van der Waals surface area contributed by atoms with Gasteiger partial charge in [-0.15, -0.1) is 0 Å². The van der Waals surface area contributed by atoms with Crippen molar-refractivity contribution in [2.24, 2.45) is 0 Å². The van der Waals surface area contributed by atoms with Crippen LogP contribution in [0.1, 0.15) is 48.8 Å². The number of nitrogens with zero attached hydrogens (tertiary/aromatic N) is 2. The molecule has 0 aliphatic rings. The van der Waals surface area contributed by atoms with E-state index >= 15 is 0 Å². The molecule has 1 aromatic heterocycles. The van der Waals surface area contributed by atoms with Gasteiger partial charge in [-0.2, -0.15) is 0 Å². The minimum Gasteiger partial charge on any atom is -0.461 e. The minimum absolute atomic E-state index is 0.197. The van der Waals surface area contributed by atoms with E-state index in [2.05, 4.69) is 4.98 Å². The third kappa shape index (κ3) is 3.68. The van der Waals surface area contributed by atoms with Crippen molar-refractivity contribution in [3.63, 3.8) is 0 Å². The quantitative estimate of drug-likeness (QED) is 0.603. The fourth-order valence-corrected chi connectivity index (χ4v) is 2.08. The van der Waals surface area contributed by atoms with E-state index in [4.69, 9.17) is 4.74 Å². The Balaban J connectivity index is 2.17. The molecular formula is C16H19FN2O2. The van der Waals surface area contributed by atoms with Crippen molar-refractivity contribution in [3.05, 3.63) is 53.9 Å². The summed E-state index contributed by atoms with van der Waals surface area (Å²) >= 11 is 0. The highest BCUT2D eigenvalue weighted by Crippen LogP contribution is 2.20. The zero-order chi connectivity index (χ0) is 15.2. The largest absolute Gasteiger partial charge is 0.461 e. The fraction of sp³-hybridized carbons (Fsp3) is 0.375. The van der Waals surface area contributed by atoms with Gasteiger partial charge in [0.05, 0.1) is 25.2 Å². The van der Waals surface area contributed by atoms with E-state index in [-0.39, 0.29) is 11.9 Å². The van der Waals surface area contributed by atoms with Gasteiger partial charge in [0.25, 0.3) is 0 Å². The summed E-state index contributed by atoms with van der Waals surface area (Å²) in [7, 11) is 0. The van der Waals surface area contributed by atoms with Crippen LogP contribution in [0.2, 0.25) is 0 Å². The van der Waals surface area contributed by atoms with E-state index in [0.717, 1.165) is 18.4 Å². The molecule has 4 nitrogen and oxygen atoms in total. The van der Waals surface area contributed by atoms with Gasteiger partial charge in [-0.05, 0) is 31.0 Å². The predicted molar refractivity (Wildman–Crippen MR) is 77.6 cm³/mol. The van der Waals surface area contributed by atoms with Gasteiger partial charge < -0.3 is 9.30 Å². The number of hydrogen-bond donors (Lipinski definition) is 0. The fourth-order valence-electron chi connectivity index (χ4n) is 2.08. The number of rotatable bonds is 6. The SMILES string of the molecule is CCCCOC(=O)c1cncn1[C@H](C)c1cccc(F)c1. The normalized spacial score (nSPS) is 12.1. The second-order valence-electron chi connectivity index (χ2n) is 4.91. The van der Waals surface area contributed by atoms with Crippen molar-refractivity contribution in [2.45, 2.75) is 32.7 Å². The molecular weight excluding hydrogens is 271 g/mol. The number of halogens is 1. The summed E-state index contributed by atoms with van der Waals surface area (Å²) < 4.78 is 20.2. The van der Waals surface area contributed by atoms with Crippen LogP contribution in [0.5, 0.6) is 0 Å². The topological polar surface area (TPSA) is 44.1 Å². The number of esters is 1. The highest BCUT2D eigenvalue weighted by Gasteiger charge is 2.18. The molecule has 5 heteroatoms. The maximum absolute atomic E-state index is 13.3. The monoisotopic (exact) mass is 290 g/mol. The number of aromatic nitrogens is 2. The zero-order valence-electron chi connectivity index (χ0n) is 12.3. The van der Waals surface area contributed by atoms with Crippen LogP contribution in [0.3, 0.4) is 0 Å². The van der Waals surface area contributed by atoms with Gasteiger partial charge in [-0.3, -0.25) is 0 Å². The second-order valence-corrected chi connectivity index (χ2v) is 4.91. The minimum atomic E-state index is -0.399. The van der Waals surface area contributed by atoms with Crippen LogP contribution in [0.25, 0.3) is 0 Å². The molecule has 0 unspecified atom stereocenters. The number of hydrogen-bond acceptors (Lipinski definition) is 3. The smallest absolute Gasteiger partial charge is 0.356 e. The summed E-state index contributed by atoms with van der Waals surface area (Å²) in [6.45, 7) is 4.32. The van der Waals surface area contributed by atoms with Gasteiger partial charge >= 0.3 is 5.97 Å². The summed E-state index contributed by atoms with van der Waals surface area (Å²) in [6, 6.07) is 6.12. The van der Waals surface area contributed by atoms with E-state index in [0.29, 0.717) is 12.3 Å². The van der Waals surface area contributed by atoms with Crippen molar-refractivity contribution < 1.29 is 13.9 Å². The molecule has 0 bridgehead atoms. The molecule has 112 valence electrons. The highest BCUT2D eigenvalue weighted by atomic mass is 19.1. The lowest BCUT2D eigenvalue weighted by Crippen LogP contribution is -2.16. The number of unbranched alkanes of at least 4 members (excludes halogenated alkanes) is 1. The molecule has 0 saturated carbocycles. The Morgan fingerprint density at radius 3 is 3.00 bits per heavy atom. The van der Waals surface area contributed by atoms with Gasteiger partial charge in [0.1, 0.15) is 11.5 Å². The van der Waals surface area contributed by atoms with Gasteiger partial charge in [0.15, 0.2) is 0 Å². The maximum atomic E-state index is 13.3. The second kappa shape index (κ2) is 7.02. The molecule has 2 rings (SSSR count). The molecule has 0 aliphatic heterocycles. The van der Waals surface area contributed by atoms with Crippen LogP contribution in [-0.2, 0) is 4.74 Å². The van der Waals surface area contributed by atoms with Crippen molar-refractivity contribution in [1.29, 1.82) is 0 Å². The van der Waals surface area contributed by atoms with E-state index in [1.807, 2.05) is 19.9 Å². The summed E-state index contributed by atoms with van der Waals surface area (Å²) in [5, 5.41) is 0. The average molecular weight is 290 g/mol. The Morgan fingerprint density at radius 1 is 1.48 bits per heavy atom. The number of carbonyl (C=O) groups excluding carboxylic acids is 1. The molecule has 0 N–H and O–H groups in total. The summed E-state index contributed by atoms with van der Waals surface area (Å²) in [5.41, 5.74) is 1.15. The van der Waals surface area contributed by atoms with Crippen LogP contribution < -0.4 is 0 Å². The lowest BCUT2D eigenvalue weighted by Gasteiger charge is -2.16. The summed E-state index contributed by atoms with van der Waals surface area (Å²) in [5.74, 6) is -0.698. The molecule has 0 fully saturated rings. The molecule has 1 heterocycles. The van der Waals surface area contributed by atoms with Crippen molar-refractivity contribution in [3.8, 4) is 0 Å². The lowest BCUT2D eigenvalue weighted by atomic mass is 10.1. The van der Waals surface area contributed by atoms with E-state index in [1.54, 1.807) is 17.0 Å². The molecule has 1 atom stereocenters. The molecule has 0 radical (unpaired) electrons. The number of ether oxygens (including phenoxy) is 1. The molecule has 2 aromatic rings. The molecule has 0 amide bonds. The van der Waals surface area contributed by atoms with Gasteiger partial charge in [-0.1, -0.05) is 25.5 Å². The van der Waals surface area contributed by atoms with Gasteiger partial charge in [0, 0.05) is 0 Å². The van der Waals surface area contributed by atoms with Crippen LogP contribution in [-0.4, -0.2) is 22.1 Å². The first-order chi connectivity index (χ1) is 10.1. The number of benzene rings is 1. The first kappa shape index (κ1) is 15.2. The van der Waals surface area contributed by atoms with Crippen LogP contribution >= 0.6 is 0 Å². The van der Waals surface area contributed by atoms with E-state index in [9.17, 15) is 9.18 Å². The molecule has 1 aromatic carbocycles. The third-order valence-electron chi connectivity index (χ3n) is 3.35. The molecule has 0 aliphatic carbocycles. The molecule has 0 spiro atoms. The summed E-state index contributed by atoms with van der Waals surface area (Å²) in [6.07, 6.45) is 4.83. The Morgan fingerprint density at radius 2 is 2.29 bits per heavy atom. The maximum Gasteiger partial charge on any atom is 0.356 e. The van der Waals surface area contributed by atoms with Crippen LogP contribution in [0, 0.1) is 5.82 Å². The Kier molecular flexibility index (Phi) is 5.09. The first-order valence-corrected chi connectivity index (χ1v) is 7.08. The predicted octanol–water partition coefficient (Wildman–Crippen LogP) is 3.59. The Hall–Kier alpha value is -2.17. The molecule has 21 heavy (non-hydrogen) atoms. The van der Waals surface area contributed by atoms with Crippen molar-refractivity contribution in [1.82, 2.24) is 9.55 Å². The first-order valence-electron chi connectivity index (χ1n) is 7.08. The Bertz CT molecular complexity index is 610. The van der Waals surface area contributed by atoms with Gasteiger partial charge in [0.2, 0.25) is 0 Å². The van der Waals surface area contributed by atoms with Crippen LogP contribution in [0.4, 0.5) is 4.39 Å². The standard InChI is InChI=1S/C16H19FN2O2/c1-3-4-8-21-16(20)15-10-18-11-19(15)12(2)13-6-5-7-14(17)9-13/h5-7,9-12H,3-4,8H2,1-2H3/t12-/m1/s1. The molecule has 0 saturated heterocycles. The van der Waals surface area contributed by atoms with Crippen molar-refractivity contribution >= 4 is 5.97 Å².